The molecule has 0 amide bonds. The van der Waals surface area contributed by atoms with E-state index in [2.05, 4.69) is 10.2 Å². The molecule has 2 rings (SSSR count). The molecule has 0 fully saturated rings. The van der Waals surface area contributed by atoms with Crippen LogP contribution in [-0.4, -0.2) is 28.0 Å². The third kappa shape index (κ3) is 2.91. The van der Waals surface area contributed by atoms with E-state index in [9.17, 15) is 8.42 Å². The second kappa shape index (κ2) is 4.74. The van der Waals surface area contributed by atoms with Crippen LogP contribution in [0.25, 0.3) is 0 Å². The van der Waals surface area contributed by atoms with Gasteiger partial charge in [0.2, 0.25) is 0 Å². The molecule has 0 N–H and O–H groups in total. The van der Waals surface area contributed by atoms with Crippen molar-refractivity contribution in [3.8, 4) is 0 Å². The van der Waals surface area contributed by atoms with Gasteiger partial charge in [-0.25, -0.2) is 8.42 Å². The zero-order valence-electron chi connectivity index (χ0n) is 9.99. The predicted molar refractivity (Wildman–Crippen MR) is 67.0 cm³/mol. The zero-order valence-corrected chi connectivity index (χ0v) is 11.6. The van der Waals surface area contributed by atoms with Crippen molar-refractivity contribution in [2.24, 2.45) is 0 Å². The Bertz CT molecular complexity index is 644. The quantitative estimate of drug-likeness (QED) is 0.802. The van der Waals surface area contributed by atoms with Crippen molar-refractivity contribution < 1.29 is 8.42 Å². The lowest BCUT2D eigenvalue weighted by molar-refractivity contribution is 0.520. The normalized spacial score (nSPS) is 12.2. The van der Waals surface area contributed by atoms with E-state index in [1.807, 2.05) is 30.8 Å². The highest BCUT2D eigenvalue weighted by Crippen LogP contribution is 2.13. The van der Waals surface area contributed by atoms with Crippen LogP contribution in [0, 0.1) is 0 Å². The minimum absolute atomic E-state index is 0.00698. The maximum Gasteiger partial charge on any atom is 0.264 e. The van der Waals surface area contributed by atoms with Crippen LogP contribution >= 0.6 is 10.7 Å². The lowest BCUT2D eigenvalue weighted by Gasteiger charge is -2.03. The summed E-state index contributed by atoms with van der Waals surface area (Å²) in [6.45, 7) is 4.47. The van der Waals surface area contributed by atoms with Crippen LogP contribution in [0.3, 0.4) is 0 Å². The average molecular weight is 289 g/mol. The fourth-order valence-corrected chi connectivity index (χ4v) is 2.13. The fourth-order valence-electron chi connectivity index (χ4n) is 1.47. The highest BCUT2D eigenvalue weighted by molar-refractivity contribution is 8.13. The van der Waals surface area contributed by atoms with Crippen molar-refractivity contribution in [2.75, 3.05) is 0 Å². The molecule has 0 aliphatic carbocycles. The highest BCUT2D eigenvalue weighted by Gasteiger charge is 2.13. The minimum atomic E-state index is -3.72. The SMILES string of the molecule is CC(C)n1ccc(Cn2cc(S(=O)(=O)Cl)cn2)n1. The van der Waals surface area contributed by atoms with Gasteiger partial charge in [0.15, 0.2) is 0 Å². The summed E-state index contributed by atoms with van der Waals surface area (Å²) in [5, 5.41) is 8.29. The highest BCUT2D eigenvalue weighted by atomic mass is 35.7. The number of nitrogens with zero attached hydrogens (tertiary/aromatic N) is 4. The summed E-state index contributed by atoms with van der Waals surface area (Å²) in [4.78, 5) is -0.00698. The largest absolute Gasteiger partial charge is 0.270 e. The van der Waals surface area contributed by atoms with Crippen molar-refractivity contribution in [1.82, 2.24) is 19.6 Å². The maximum atomic E-state index is 11.1. The van der Waals surface area contributed by atoms with Crippen molar-refractivity contribution in [2.45, 2.75) is 31.3 Å². The van der Waals surface area contributed by atoms with Crippen molar-refractivity contribution in [3.05, 3.63) is 30.4 Å². The lowest BCUT2D eigenvalue weighted by atomic mass is 10.4. The van der Waals surface area contributed by atoms with E-state index in [4.69, 9.17) is 10.7 Å². The zero-order chi connectivity index (χ0) is 13.3. The summed E-state index contributed by atoms with van der Waals surface area (Å²) in [7, 11) is 1.50. The van der Waals surface area contributed by atoms with Gasteiger partial charge in [-0.05, 0) is 19.9 Å². The van der Waals surface area contributed by atoms with E-state index < -0.39 is 9.05 Å². The van der Waals surface area contributed by atoms with E-state index in [1.165, 1.54) is 17.1 Å². The molecule has 18 heavy (non-hydrogen) atoms. The predicted octanol–water partition coefficient (Wildman–Crippen LogP) is 1.64. The molecule has 2 heterocycles. The third-order valence-electron chi connectivity index (χ3n) is 2.41. The molecule has 0 bridgehead atoms. The number of rotatable bonds is 4. The molecule has 0 aliphatic heterocycles. The molecule has 0 spiro atoms. The van der Waals surface area contributed by atoms with E-state index in [-0.39, 0.29) is 10.9 Å². The Morgan fingerprint density at radius 3 is 2.67 bits per heavy atom. The summed E-state index contributed by atoms with van der Waals surface area (Å²) >= 11 is 0. The summed E-state index contributed by atoms with van der Waals surface area (Å²) in [5.41, 5.74) is 0.810. The molecule has 0 atom stereocenters. The first-order valence-corrected chi connectivity index (χ1v) is 7.68. The number of hydrogen-bond acceptors (Lipinski definition) is 4. The summed E-state index contributed by atoms with van der Waals surface area (Å²) < 4.78 is 25.5. The molecule has 0 saturated carbocycles. The molecule has 0 radical (unpaired) electrons. The van der Waals surface area contributed by atoms with E-state index in [0.29, 0.717) is 6.54 Å². The molecule has 0 aromatic carbocycles. The molecule has 8 heteroatoms. The van der Waals surface area contributed by atoms with Crippen LogP contribution in [0.15, 0.2) is 29.6 Å². The van der Waals surface area contributed by atoms with Gasteiger partial charge in [-0.15, -0.1) is 0 Å². The Morgan fingerprint density at radius 1 is 1.44 bits per heavy atom. The Kier molecular flexibility index (Phi) is 3.45. The molecule has 2 aromatic heterocycles. The van der Waals surface area contributed by atoms with Gasteiger partial charge < -0.3 is 0 Å². The Hall–Kier alpha value is -1.34. The Labute approximate surface area is 110 Å². The smallest absolute Gasteiger partial charge is 0.264 e. The van der Waals surface area contributed by atoms with Crippen LogP contribution in [-0.2, 0) is 15.6 Å². The Balaban J connectivity index is 2.16. The molecule has 0 aliphatic rings. The van der Waals surface area contributed by atoms with Crippen molar-refractivity contribution >= 4 is 19.7 Å². The summed E-state index contributed by atoms with van der Waals surface area (Å²) in [5.74, 6) is 0. The van der Waals surface area contributed by atoms with Crippen LogP contribution in [0.2, 0.25) is 0 Å². The van der Waals surface area contributed by atoms with Gasteiger partial charge in [-0.2, -0.15) is 10.2 Å². The summed E-state index contributed by atoms with van der Waals surface area (Å²) in [6.07, 6.45) is 4.49. The standard InChI is InChI=1S/C10H13ClN4O2S/c1-8(2)15-4-3-9(13-15)6-14-7-10(5-12-14)18(11,16)17/h3-5,7-8H,6H2,1-2H3. The second-order valence-corrected chi connectivity index (χ2v) is 6.76. The van der Waals surface area contributed by atoms with E-state index >= 15 is 0 Å². The van der Waals surface area contributed by atoms with Gasteiger partial charge in [0.1, 0.15) is 4.90 Å². The van der Waals surface area contributed by atoms with Gasteiger partial charge in [0, 0.05) is 29.1 Å². The van der Waals surface area contributed by atoms with Crippen LogP contribution in [0.1, 0.15) is 25.6 Å². The molecule has 2 aromatic rings. The van der Waals surface area contributed by atoms with Crippen LogP contribution in [0.5, 0.6) is 0 Å². The number of aromatic nitrogens is 4. The Morgan fingerprint density at radius 2 is 2.17 bits per heavy atom. The lowest BCUT2D eigenvalue weighted by Crippen LogP contribution is -2.05. The first-order chi connectivity index (χ1) is 8.36. The molecule has 98 valence electrons. The van der Waals surface area contributed by atoms with Crippen molar-refractivity contribution in [1.29, 1.82) is 0 Å². The average Bonchev–Trinajstić information content (AvgIpc) is 2.85. The molecular formula is C10H13ClN4O2S. The van der Waals surface area contributed by atoms with E-state index in [1.54, 1.807) is 0 Å². The first kappa shape index (κ1) is 13.1. The minimum Gasteiger partial charge on any atom is -0.270 e. The van der Waals surface area contributed by atoms with Gasteiger partial charge in [0.25, 0.3) is 9.05 Å². The third-order valence-corrected chi connectivity index (χ3v) is 3.72. The number of halogens is 1. The summed E-state index contributed by atoms with van der Waals surface area (Å²) in [6, 6.07) is 2.16. The monoisotopic (exact) mass is 288 g/mol. The fraction of sp³-hybridized carbons (Fsp3) is 0.400. The number of hydrogen-bond donors (Lipinski definition) is 0. The van der Waals surface area contributed by atoms with Gasteiger partial charge in [0.05, 0.1) is 18.4 Å². The topological polar surface area (TPSA) is 69.8 Å². The molecular weight excluding hydrogens is 276 g/mol. The van der Waals surface area contributed by atoms with Crippen molar-refractivity contribution in [3.63, 3.8) is 0 Å². The van der Waals surface area contributed by atoms with Gasteiger partial charge in [-0.1, -0.05) is 0 Å². The van der Waals surface area contributed by atoms with Gasteiger partial charge in [-0.3, -0.25) is 9.36 Å². The van der Waals surface area contributed by atoms with Crippen LogP contribution < -0.4 is 0 Å². The van der Waals surface area contributed by atoms with Gasteiger partial charge >= 0.3 is 0 Å². The maximum absolute atomic E-state index is 11.1. The molecule has 0 unspecified atom stereocenters. The molecule has 6 nitrogen and oxygen atoms in total. The first-order valence-electron chi connectivity index (χ1n) is 5.37. The second-order valence-electron chi connectivity index (χ2n) is 4.19. The molecule has 0 saturated heterocycles. The van der Waals surface area contributed by atoms with E-state index in [0.717, 1.165) is 5.69 Å². The van der Waals surface area contributed by atoms with Crippen LogP contribution in [0.4, 0.5) is 0 Å².